The number of benzene rings is 2. The SMILES string of the molecule is CCOc1ccc2nc(NC(=O)CCC(=O)Nc3nc4ccc(OCC)cc4s3)sc2c1. The van der Waals surface area contributed by atoms with E-state index in [1.54, 1.807) is 0 Å². The summed E-state index contributed by atoms with van der Waals surface area (Å²) >= 11 is 2.73. The molecule has 2 N–H and O–H groups in total. The first-order valence-corrected chi connectivity index (χ1v) is 11.8. The van der Waals surface area contributed by atoms with Crippen molar-refractivity contribution < 1.29 is 19.1 Å². The molecule has 0 aliphatic heterocycles. The molecule has 0 aliphatic rings. The van der Waals surface area contributed by atoms with Crippen molar-refractivity contribution in [3.63, 3.8) is 0 Å². The molecule has 0 saturated heterocycles. The first-order chi connectivity index (χ1) is 15.5. The second-order valence-electron chi connectivity index (χ2n) is 6.76. The minimum atomic E-state index is -0.269. The Balaban J connectivity index is 1.30. The summed E-state index contributed by atoms with van der Waals surface area (Å²) in [4.78, 5) is 33.4. The van der Waals surface area contributed by atoms with E-state index in [0.29, 0.717) is 23.5 Å². The predicted octanol–water partition coefficient (Wildman–Crippen LogP) is 5.06. The quantitative estimate of drug-likeness (QED) is 0.354. The topological polar surface area (TPSA) is 102 Å². The lowest BCUT2D eigenvalue weighted by Gasteiger charge is -2.02. The van der Waals surface area contributed by atoms with Crippen LogP contribution >= 0.6 is 22.7 Å². The lowest BCUT2D eigenvalue weighted by molar-refractivity contribution is -0.121. The Kier molecular flexibility index (Phi) is 6.81. The molecule has 0 saturated carbocycles. The van der Waals surface area contributed by atoms with E-state index in [-0.39, 0.29) is 24.7 Å². The van der Waals surface area contributed by atoms with Crippen LogP contribution in [0.15, 0.2) is 36.4 Å². The predicted molar refractivity (Wildman–Crippen MR) is 128 cm³/mol. The fourth-order valence-electron chi connectivity index (χ4n) is 3.02. The molecule has 2 heterocycles. The zero-order valence-corrected chi connectivity index (χ0v) is 19.3. The monoisotopic (exact) mass is 470 g/mol. The van der Waals surface area contributed by atoms with Crippen LogP contribution in [0.4, 0.5) is 10.3 Å². The van der Waals surface area contributed by atoms with Crippen LogP contribution in [0.25, 0.3) is 20.4 Å². The molecule has 0 radical (unpaired) electrons. The molecular formula is C22H22N4O4S2. The number of amides is 2. The second kappa shape index (κ2) is 9.92. The molecule has 4 rings (SSSR count). The number of carbonyl (C=O) groups excluding carboxylic acids is 2. The summed E-state index contributed by atoms with van der Waals surface area (Å²) in [7, 11) is 0. The van der Waals surface area contributed by atoms with Crippen LogP contribution in [0.2, 0.25) is 0 Å². The average molecular weight is 471 g/mol. The van der Waals surface area contributed by atoms with Crippen molar-refractivity contribution in [2.45, 2.75) is 26.7 Å². The number of rotatable bonds is 9. The second-order valence-corrected chi connectivity index (χ2v) is 8.82. The molecule has 0 spiro atoms. The number of nitrogens with one attached hydrogen (secondary N) is 2. The van der Waals surface area contributed by atoms with Gasteiger partial charge in [-0.15, -0.1) is 0 Å². The van der Waals surface area contributed by atoms with Crippen LogP contribution in [0, 0.1) is 0 Å². The fraction of sp³-hybridized carbons (Fsp3) is 0.273. The summed E-state index contributed by atoms with van der Waals surface area (Å²) in [5, 5.41) is 6.52. The third-order valence-corrected chi connectivity index (χ3v) is 6.28. The largest absolute Gasteiger partial charge is 0.494 e. The lowest BCUT2D eigenvalue weighted by atomic mass is 10.3. The molecule has 0 fully saturated rings. The van der Waals surface area contributed by atoms with E-state index in [1.165, 1.54) is 22.7 Å². The van der Waals surface area contributed by atoms with Gasteiger partial charge in [0.2, 0.25) is 11.8 Å². The third-order valence-electron chi connectivity index (χ3n) is 4.41. The van der Waals surface area contributed by atoms with Crippen LogP contribution < -0.4 is 20.1 Å². The van der Waals surface area contributed by atoms with Gasteiger partial charge in [-0.3, -0.25) is 9.59 Å². The Hall–Kier alpha value is -3.24. The number of aromatic nitrogens is 2. The summed E-state index contributed by atoms with van der Waals surface area (Å²) in [5.41, 5.74) is 1.57. The lowest BCUT2D eigenvalue weighted by Crippen LogP contribution is -2.17. The summed E-state index contributed by atoms with van der Waals surface area (Å²) in [6.45, 7) is 5.02. The molecule has 166 valence electrons. The zero-order chi connectivity index (χ0) is 22.5. The fourth-order valence-corrected chi connectivity index (χ4v) is 4.84. The van der Waals surface area contributed by atoms with Gasteiger partial charge in [0.1, 0.15) is 11.5 Å². The normalized spacial score (nSPS) is 10.9. The highest BCUT2D eigenvalue weighted by molar-refractivity contribution is 7.22. The molecule has 10 heteroatoms. The Morgan fingerprint density at radius 1 is 0.781 bits per heavy atom. The molecular weight excluding hydrogens is 448 g/mol. The van der Waals surface area contributed by atoms with Gasteiger partial charge in [0.25, 0.3) is 0 Å². The number of anilines is 2. The minimum Gasteiger partial charge on any atom is -0.494 e. The van der Waals surface area contributed by atoms with Gasteiger partial charge < -0.3 is 20.1 Å². The van der Waals surface area contributed by atoms with Gasteiger partial charge in [0.15, 0.2) is 10.3 Å². The maximum Gasteiger partial charge on any atom is 0.226 e. The molecule has 4 aromatic rings. The van der Waals surface area contributed by atoms with Gasteiger partial charge in [-0.25, -0.2) is 9.97 Å². The van der Waals surface area contributed by atoms with Crippen molar-refractivity contribution >= 4 is 65.2 Å². The van der Waals surface area contributed by atoms with E-state index in [4.69, 9.17) is 9.47 Å². The van der Waals surface area contributed by atoms with Crippen LogP contribution in [0.3, 0.4) is 0 Å². The maximum atomic E-state index is 12.3. The molecule has 2 aromatic heterocycles. The van der Waals surface area contributed by atoms with Crippen LogP contribution in [0.1, 0.15) is 26.7 Å². The number of thiazole rings is 2. The van der Waals surface area contributed by atoms with Crippen molar-refractivity contribution in [1.82, 2.24) is 9.97 Å². The summed E-state index contributed by atoms with van der Waals surface area (Å²) in [5.74, 6) is 0.995. The summed E-state index contributed by atoms with van der Waals surface area (Å²) < 4.78 is 12.8. The molecule has 2 aromatic carbocycles. The van der Waals surface area contributed by atoms with Gasteiger partial charge in [0.05, 0.1) is 33.6 Å². The van der Waals surface area contributed by atoms with E-state index >= 15 is 0 Å². The van der Waals surface area contributed by atoms with Crippen molar-refractivity contribution in [3.8, 4) is 11.5 Å². The van der Waals surface area contributed by atoms with E-state index in [1.807, 2.05) is 50.2 Å². The molecule has 32 heavy (non-hydrogen) atoms. The Morgan fingerprint density at radius 3 is 1.62 bits per heavy atom. The third kappa shape index (κ3) is 5.32. The van der Waals surface area contributed by atoms with Crippen molar-refractivity contribution in [2.75, 3.05) is 23.8 Å². The van der Waals surface area contributed by atoms with E-state index in [0.717, 1.165) is 31.9 Å². The van der Waals surface area contributed by atoms with Gasteiger partial charge in [0, 0.05) is 12.8 Å². The molecule has 0 bridgehead atoms. The molecule has 2 amide bonds. The van der Waals surface area contributed by atoms with Gasteiger partial charge in [-0.2, -0.15) is 0 Å². The minimum absolute atomic E-state index is 0.0470. The Morgan fingerprint density at radius 2 is 1.22 bits per heavy atom. The van der Waals surface area contributed by atoms with Crippen molar-refractivity contribution in [2.24, 2.45) is 0 Å². The average Bonchev–Trinajstić information content (AvgIpc) is 3.34. The van der Waals surface area contributed by atoms with Gasteiger partial charge in [-0.05, 0) is 50.2 Å². The standard InChI is InChI=1S/C22H22N4O4S2/c1-3-29-13-5-7-15-17(11-13)31-21(23-15)25-19(27)9-10-20(28)26-22-24-16-8-6-14(30-4-2)12-18(16)32-22/h5-8,11-12H,3-4,9-10H2,1-2H3,(H,23,25,27)(H,24,26,28). The molecule has 0 aliphatic carbocycles. The zero-order valence-electron chi connectivity index (χ0n) is 17.6. The van der Waals surface area contributed by atoms with Crippen molar-refractivity contribution in [1.29, 1.82) is 0 Å². The van der Waals surface area contributed by atoms with E-state index < -0.39 is 0 Å². The number of ether oxygens (including phenoxy) is 2. The van der Waals surface area contributed by atoms with E-state index in [9.17, 15) is 9.59 Å². The number of fused-ring (bicyclic) bond motifs is 2. The summed E-state index contributed by atoms with van der Waals surface area (Å²) in [6, 6.07) is 11.2. The van der Waals surface area contributed by atoms with Crippen molar-refractivity contribution in [3.05, 3.63) is 36.4 Å². The number of hydrogen-bond acceptors (Lipinski definition) is 8. The van der Waals surface area contributed by atoms with Crippen LogP contribution in [-0.4, -0.2) is 35.0 Å². The number of hydrogen-bond donors (Lipinski definition) is 2. The summed E-state index contributed by atoms with van der Waals surface area (Å²) in [6.07, 6.45) is 0.0939. The number of nitrogens with zero attached hydrogens (tertiary/aromatic N) is 2. The highest BCUT2D eigenvalue weighted by atomic mass is 32.1. The molecule has 0 unspecified atom stereocenters. The van der Waals surface area contributed by atoms with E-state index in [2.05, 4.69) is 20.6 Å². The van der Waals surface area contributed by atoms with Gasteiger partial charge >= 0.3 is 0 Å². The van der Waals surface area contributed by atoms with Crippen LogP contribution in [-0.2, 0) is 9.59 Å². The highest BCUT2D eigenvalue weighted by Crippen LogP contribution is 2.30. The molecule has 0 atom stereocenters. The molecule has 8 nitrogen and oxygen atoms in total. The first kappa shape index (κ1) is 22.0. The first-order valence-electron chi connectivity index (χ1n) is 10.2. The smallest absolute Gasteiger partial charge is 0.226 e. The maximum absolute atomic E-state index is 12.3. The Bertz CT molecular complexity index is 1170. The van der Waals surface area contributed by atoms with Gasteiger partial charge in [-0.1, -0.05) is 22.7 Å². The highest BCUT2D eigenvalue weighted by Gasteiger charge is 2.13. The van der Waals surface area contributed by atoms with Crippen LogP contribution in [0.5, 0.6) is 11.5 Å². The number of carbonyl (C=O) groups is 2. The Labute approximate surface area is 192 Å².